The molecule has 0 fully saturated rings. The van der Waals surface area contributed by atoms with Crippen molar-refractivity contribution in [3.8, 4) is 0 Å². The summed E-state index contributed by atoms with van der Waals surface area (Å²) in [5.41, 5.74) is 3.12. The average Bonchev–Trinajstić information content (AvgIpc) is 2.26. The minimum atomic E-state index is -0.935. The summed E-state index contributed by atoms with van der Waals surface area (Å²) in [5, 5.41) is 8.55. The van der Waals surface area contributed by atoms with Crippen molar-refractivity contribution in [3.63, 3.8) is 0 Å². The fourth-order valence-electron chi connectivity index (χ4n) is 1.67. The van der Waals surface area contributed by atoms with E-state index in [4.69, 9.17) is 5.11 Å². The third-order valence-electron chi connectivity index (χ3n) is 2.45. The molecule has 0 bridgehead atoms. The minimum Gasteiger partial charge on any atom is -0.478 e. The quantitative estimate of drug-likeness (QED) is 0.625. The third-order valence-corrected chi connectivity index (χ3v) is 2.45. The number of carboxylic acids is 1. The summed E-state index contributed by atoms with van der Waals surface area (Å²) in [4.78, 5) is 12.5. The van der Waals surface area contributed by atoms with Crippen molar-refractivity contribution in [2.75, 3.05) is 18.5 Å². The van der Waals surface area contributed by atoms with E-state index in [1.165, 1.54) is 0 Å². The van der Waals surface area contributed by atoms with Crippen molar-refractivity contribution in [2.24, 2.45) is 0 Å². The number of benzene rings is 1. The van der Waals surface area contributed by atoms with Gasteiger partial charge in [0.25, 0.3) is 0 Å². The van der Waals surface area contributed by atoms with Crippen molar-refractivity contribution in [1.29, 1.82) is 0 Å². The largest absolute Gasteiger partial charge is 0.478 e. The Morgan fingerprint density at radius 3 is 2.76 bits per heavy atom. The highest BCUT2D eigenvalue weighted by Crippen LogP contribution is 2.20. The van der Waals surface area contributed by atoms with Gasteiger partial charge in [-0.1, -0.05) is 12.1 Å². The molecule has 0 heterocycles. The van der Waals surface area contributed by atoms with Crippen LogP contribution in [0.2, 0.25) is 0 Å². The van der Waals surface area contributed by atoms with E-state index in [0.717, 1.165) is 29.4 Å². The molecular formula is C14H17NO2. The lowest BCUT2D eigenvalue weighted by atomic mass is 10.1. The minimum absolute atomic E-state index is 0.783. The van der Waals surface area contributed by atoms with Crippen molar-refractivity contribution in [3.05, 3.63) is 48.1 Å². The predicted molar refractivity (Wildman–Crippen MR) is 71.3 cm³/mol. The van der Waals surface area contributed by atoms with Crippen LogP contribution in [0.15, 0.2) is 36.9 Å². The SMILES string of the molecule is C=CCN(C)c1ccc(/C=C/C(=O)O)cc1C. The first-order valence-corrected chi connectivity index (χ1v) is 5.38. The Labute approximate surface area is 102 Å². The molecule has 0 atom stereocenters. The summed E-state index contributed by atoms with van der Waals surface area (Å²) in [7, 11) is 2.00. The van der Waals surface area contributed by atoms with Crippen LogP contribution < -0.4 is 4.90 Å². The van der Waals surface area contributed by atoms with E-state index < -0.39 is 5.97 Å². The summed E-state index contributed by atoms with van der Waals surface area (Å²) in [6, 6.07) is 5.86. The zero-order valence-electron chi connectivity index (χ0n) is 10.2. The van der Waals surface area contributed by atoms with Crippen LogP contribution in [0.4, 0.5) is 5.69 Å². The van der Waals surface area contributed by atoms with E-state index in [2.05, 4.69) is 11.5 Å². The maximum atomic E-state index is 10.4. The molecule has 90 valence electrons. The highest BCUT2D eigenvalue weighted by atomic mass is 16.4. The average molecular weight is 231 g/mol. The van der Waals surface area contributed by atoms with Crippen LogP contribution in [0.25, 0.3) is 6.08 Å². The number of hydrogen-bond acceptors (Lipinski definition) is 2. The molecule has 3 heteroatoms. The predicted octanol–water partition coefficient (Wildman–Crippen LogP) is 2.72. The van der Waals surface area contributed by atoms with Crippen molar-refractivity contribution >= 4 is 17.7 Å². The van der Waals surface area contributed by atoms with Crippen molar-refractivity contribution in [2.45, 2.75) is 6.92 Å². The maximum Gasteiger partial charge on any atom is 0.328 e. The lowest BCUT2D eigenvalue weighted by Gasteiger charge is -2.19. The first-order valence-electron chi connectivity index (χ1n) is 5.38. The summed E-state index contributed by atoms with van der Waals surface area (Å²) in [6.07, 6.45) is 4.58. The van der Waals surface area contributed by atoms with Gasteiger partial charge in [-0.2, -0.15) is 0 Å². The standard InChI is InChI=1S/C14H17NO2/c1-4-9-15(3)13-7-5-12(10-11(13)2)6-8-14(16)17/h4-8,10H,1,9H2,2-3H3,(H,16,17)/b8-6+. The molecule has 0 saturated heterocycles. The number of carboxylic acid groups (broad SMARTS) is 1. The lowest BCUT2D eigenvalue weighted by molar-refractivity contribution is -0.131. The molecule has 1 aromatic carbocycles. The fourth-order valence-corrected chi connectivity index (χ4v) is 1.67. The number of rotatable bonds is 5. The van der Waals surface area contributed by atoms with Crippen LogP contribution in [-0.4, -0.2) is 24.7 Å². The van der Waals surface area contributed by atoms with Gasteiger partial charge in [-0.15, -0.1) is 6.58 Å². The van der Waals surface area contributed by atoms with Gasteiger partial charge in [0, 0.05) is 25.4 Å². The molecule has 17 heavy (non-hydrogen) atoms. The molecule has 0 spiro atoms. The molecule has 0 saturated carbocycles. The highest BCUT2D eigenvalue weighted by molar-refractivity contribution is 5.85. The Morgan fingerprint density at radius 1 is 1.53 bits per heavy atom. The normalized spacial score (nSPS) is 10.5. The number of aliphatic carboxylic acids is 1. The number of likely N-dealkylation sites (N-methyl/N-ethyl adjacent to an activating group) is 1. The van der Waals surface area contributed by atoms with Gasteiger partial charge in [0.05, 0.1) is 0 Å². The molecule has 0 aliphatic carbocycles. The first kappa shape index (κ1) is 13.0. The maximum absolute atomic E-state index is 10.4. The van der Waals surface area contributed by atoms with E-state index in [0.29, 0.717) is 0 Å². The second kappa shape index (κ2) is 5.89. The van der Waals surface area contributed by atoms with E-state index in [-0.39, 0.29) is 0 Å². The van der Waals surface area contributed by atoms with Crippen LogP contribution in [0.3, 0.4) is 0 Å². The number of anilines is 1. The molecule has 0 aromatic heterocycles. The topological polar surface area (TPSA) is 40.5 Å². The number of carbonyl (C=O) groups is 1. The Balaban J connectivity index is 2.93. The Bertz CT molecular complexity index is 450. The van der Waals surface area contributed by atoms with E-state index >= 15 is 0 Å². The smallest absolute Gasteiger partial charge is 0.328 e. The van der Waals surface area contributed by atoms with Gasteiger partial charge >= 0.3 is 5.97 Å². The molecule has 0 aliphatic rings. The molecule has 1 rings (SSSR count). The lowest BCUT2D eigenvalue weighted by Crippen LogP contribution is -2.17. The molecule has 0 unspecified atom stereocenters. The monoisotopic (exact) mass is 231 g/mol. The molecule has 0 aliphatic heterocycles. The number of aryl methyl sites for hydroxylation is 1. The Hall–Kier alpha value is -2.03. The number of nitrogens with zero attached hydrogens (tertiary/aromatic N) is 1. The third kappa shape index (κ3) is 3.79. The van der Waals surface area contributed by atoms with E-state index in [9.17, 15) is 4.79 Å². The second-order valence-corrected chi connectivity index (χ2v) is 3.89. The molecule has 0 amide bonds. The molecule has 0 radical (unpaired) electrons. The summed E-state index contributed by atoms with van der Waals surface area (Å²) in [5.74, 6) is -0.935. The summed E-state index contributed by atoms with van der Waals surface area (Å²) in [6.45, 7) is 6.49. The second-order valence-electron chi connectivity index (χ2n) is 3.89. The fraction of sp³-hybridized carbons (Fsp3) is 0.214. The highest BCUT2D eigenvalue weighted by Gasteiger charge is 2.03. The summed E-state index contributed by atoms with van der Waals surface area (Å²) >= 11 is 0. The van der Waals surface area contributed by atoms with Gasteiger partial charge < -0.3 is 10.0 Å². The van der Waals surface area contributed by atoms with Crippen LogP contribution in [-0.2, 0) is 4.79 Å². The van der Waals surface area contributed by atoms with Crippen LogP contribution in [0.5, 0.6) is 0 Å². The van der Waals surface area contributed by atoms with Gasteiger partial charge in [0.1, 0.15) is 0 Å². The molecule has 1 N–H and O–H groups in total. The number of hydrogen-bond donors (Lipinski definition) is 1. The zero-order chi connectivity index (χ0) is 12.8. The van der Waals surface area contributed by atoms with E-state index in [1.54, 1.807) is 6.08 Å². The van der Waals surface area contributed by atoms with Gasteiger partial charge in [0.15, 0.2) is 0 Å². The van der Waals surface area contributed by atoms with Crippen molar-refractivity contribution < 1.29 is 9.90 Å². The first-order chi connectivity index (χ1) is 8.04. The van der Waals surface area contributed by atoms with E-state index in [1.807, 2.05) is 38.2 Å². The molecular weight excluding hydrogens is 214 g/mol. The van der Waals surface area contributed by atoms with Crippen molar-refractivity contribution in [1.82, 2.24) is 0 Å². The van der Waals surface area contributed by atoms with Gasteiger partial charge in [0.2, 0.25) is 0 Å². The zero-order valence-corrected chi connectivity index (χ0v) is 10.2. The van der Waals surface area contributed by atoms with Gasteiger partial charge in [-0.05, 0) is 36.3 Å². The van der Waals surface area contributed by atoms with Gasteiger partial charge in [-0.25, -0.2) is 4.79 Å². The summed E-state index contributed by atoms with van der Waals surface area (Å²) < 4.78 is 0. The molecule has 3 nitrogen and oxygen atoms in total. The van der Waals surface area contributed by atoms with Crippen LogP contribution >= 0.6 is 0 Å². The molecule has 1 aromatic rings. The Morgan fingerprint density at radius 2 is 2.24 bits per heavy atom. The van der Waals surface area contributed by atoms with Gasteiger partial charge in [-0.3, -0.25) is 0 Å². The van der Waals surface area contributed by atoms with Crippen LogP contribution in [0, 0.1) is 6.92 Å². The Kier molecular flexibility index (Phi) is 4.52. The van der Waals surface area contributed by atoms with Crippen LogP contribution in [0.1, 0.15) is 11.1 Å².